The molecule has 0 spiro atoms. The summed E-state index contributed by atoms with van der Waals surface area (Å²) in [6.07, 6.45) is 2.15. The van der Waals surface area contributed by atoms with E-state index in [-0.39, 0.29) is 18.5 Å². The molecule has 1 fully saturated rings. The first-order chi connectivity index (χ1) is 14.7. The molecule has 0 saturated heterocycles. The third-order valence-corrected chi connectivity index (χ3v) is 6.37. The van der Waals surface area contributed by atoms with Gasteiger partial charge in [-0.3, -0.25) is 9.48 Å². The monoisotopic (exact) mass is 449 g/mol. The Labute approximate surface area is 181 Å². The Balaban J connectivity index is 1.51. The van der Waals surface area contributed by atoms with Crippen LogP contribution in [0.2, 0.25) is 5.02 Å². The normalized spacial score (nSPS) is 19.5. The first-order valence-corrected chi connectivity index (χ1v) is 10.4. The van der Waals surface area contributed by atoms with Gasteiger partial charge in [-0.2, -0.15) is 18.3 Å². The van der Waals surface area contributed by atoms with Crippen LogP contribution in [0.4, 0.5) is 18.9 Å². The molecule has 1 saturated carbocycles. The van der Waals surface area contributed by atoms with Crippen LogP contribution in [0.25, 0.3) is 11.3 Å². The molecule has 3 aromatic rings. The zero-order valence-electron chi connectivity index (χ0n) is 16.6. The number of aromatic nitrogens is 4. The highest BCUT2D eigenvalue weighted by molar-refractivity contribution is 6.31. The second kappa shape index (κ2) is 7.12. The van der Waals surface area contributed by atoms with Gasteiger partial charge in [-0.1, -0.05) is 18.0 Å². The number of rotatable bonds is 3. The molecule has 1 aliphatic carbocycles. The van der Waals surface area contributed by atoms with E-state index >= 15 is 0 Å². The van der Waals surface area contributed by atoms with E-state index < -0.39 is 16.8 Å². The number of H-pyrrole nitrogens is 1. The molecule has 5 rings (SSSR count). The van der Waals surface area contributed by atoms with E-state index in [0.29, 0.717) is 28.6 Å². The van der Waals surface area contributed by atoms with Gasteiger partial charge in [0.25, 0.3) is 5.91 Å². The summed E-state index contributed by atoms with van der Waals surface area (Å²) < 4.78 is 40.8. The average Bonchev–Trinajstić information content (AvgIpc) is 3.29. The molecule has 162 valence electrons. The van der Waals surface area contributed by atoms with E-state index in [0.717, 1.165) is 24.7 Å². The van der Waals surface area contributed by atoms with Gasteiger partial charge in [-0.25, -0.2) is 4.98 Å². The van der Waals surface area contributed by atoms with Crippen molar-refractivity contribution in [3.63, 3.8) is 0 Å². The zero-order chi connectivity index (χ0) is 21.9. The molecular formula is C21H19ClF3N5O. The molecule has 1 N–H and O–H groups in total. The summed E-state index contributed by atoms with van der Waals surface area (Å²) in [5, 5.41) is 3.95. The van der Waals surface area contributed by atoms with E-state index in [1.165, 1.54) is 23.5 Å². The van der Waals surface area contributed by atoms with Crippen LogP contribution in [0.15, 0.2) is 30.6 Å². The topological polar surface area (TPSA) is 66.8 Å². The number of nitrogens with one attached hydrogen (secondary N) is 1. The number of nitrogens with zero attached hydrogens (tertiary/aromatic N) is 4. The van der Waals surface area contributed by atoms with Gasteiger partial charge in [0.2, 0.25) is 0 Å². The van der Waals surface area contributed by atoms with Crippen molar-refractivity contribution >= 4 is 23.2 Å². The summed E-state index contributed by atoms with van der Waals surface area (Å²) in [5.74, 6) is 0.977. The van der Waals surface area contributed by atoms with Crippen LogP contribution in [0.5, 0.6) is 0 Å². The Bertz CT molecular complexity index is 1160. The van der Waals surface area contributed by atoms with Crippen LogP contribution in [0, 0.1) is 0 Å². The standard InChI is InChI=1S/C21H19ClF3N5O/c1-11-10-29(13-5-6-15(16(22)7-13)21(23,24)25)20(31)18-14(8-27-30(11)18)17-9-26-19(28-17)12-3-2-4-12/h5-9,11-12H,2-4,10H2,1H3,(H,26,28)/t11-/m0/s1. The molecule has 10 heteroatoms. The summed E-state index contributed by atoms with van der Waals surface area (Å²) in [7, 11) is 0. The van der Waals surface area contributed by atoms with E-state index in [4.69, 9.17) is 11.6 Å². The van der Waals surface area contributed by atoms with Gasteiger partial charge in [0.05, 0.1) is 40.3 Å². The number of hydrogen-bond acceptors (Lipinski definition) is 3. The molecule has 0 bridgehead atoms. The Kier molecular flexibility index (Phi) is 4.62. The Morgan fingerprint density at radius 3 is 2.65 bits per heavy atom. The highest BCUT2D eigenvalue weighted by atomic mass is 35.5. The second-order valence-electron chi connectivity index (χ2n) is 8.09. The van der Waals surface area contributed by atoms with Gasteiger partial charge in [0, 0.05) is 18.2 Å². The van der Waals surface area contributed by atoms with Crippen molar-refractivity contribution < 1.29 is 18.0 Å². The number of fused-ring (bicyclic) bond motifs is 1. The lowest BCUT2D eigenvalue weighted by Gasteiger charge is -2.32. The number of anilines is 1. The van der Waals surface area contributed by atoms with E-state index in [1.54, 1.807) is 17.1 Å². The summed E-state index contributed by atoms with van der Waals surface area (Å²) in [6.45, 7) is 2.17. The van der Waals surface area contributed by atoms with Crippen LogP contribution in [0.3, 0.4) is 0 Å². The zero-order valence-corrected chi connectivity index (χ0v) is 17.3. The van der Waals surface area contributed by atoms with Crippen LogP contribution >= 0.6 is 11.6 Å². The number of carbonyl (C=O) groups is 1. The van der Waals surface area contributed by atoms with E-state index in [2.05, 4.69) is 15.1 Å². The minimum atomic E-state index is -4.56. The van der Waals surface area contributed by atoms with Crippen molar-refractivity contribution in [2.45, 2.75) is 44.3 Å². The minimum Gasteiger partial charge on any atom is -0.342 e. The van der Waals surface area contributed by atoms with Gasteiger partial charge >= 0.3 is 6.18 Å². The van der Waals surface area contributed by atoms with Crippen molar-refractivity contribution in [1.82, 2.24) is 19.7 Å². The van der Waals surface area contributed by atoms with Crippen molar-refractivity contribution in [3.8, 4) is 11.3 Å². The summed E-state index contributed by atoms with van der Waals surface area (Å²) in [5.41, 5.74) is 1.09. The molecular weight excluding hydrogens is 431 g/mol. The number of carbonyl (C=O) groups excluding carboxylic acids is 1. The fraction of sp³-hybridized carbons (Fsp3) is 0.381. The first kappa shape index (κ1) is 20.1. The molecule has 2 aliphatic rings. The fourth-order valence-corrected chi connectivity index (χ4v) is 4.43. The van der Waals surface area contributed by atoms with Gasteiger partial charge < -0.3 is 9.88 Å². The maximum atomic E-state index is 13.4. The van der Waals surface area contributed by atoms with Crippen molar-refractivity contribution in [1.29, 1.82) is 0 Å². The number of amides is 1. The summed E-state index contributed by atoms with van der Waals surface area (Å²) in [6, 6.07) is 3.19. The molecule has 1 aromatic carbocycles. The number of aromatic amines is 1. The number of imidazole rings is 1. The van der Waals surface area contributed by atoms with Crippen LogP contribution in [-0.4, -0.2) is 32.2 Å². The number of halogens is 4. The van der Waals surface area contributed by atoms with Gasteiger partial charge in [-0.05, 0) is 38.0 Å². The van der Waals surface area contributed by atoms with Gasteiger partial charge in [-0.15, -0.1) is 0 Å². The largest absolute Gasteiger partial charge is 0.417 e. The highest BCUT2D eigenvalue weighted by Crippen LogP contribution is 2.39. The Hall–Kier alpha value is -2.81. The van der Waals surface area contributed by atoms with Crippen molar-refractivity contribution in [3.05, 3.63) is 52.7 Å². The minimum absolute atomic E-state index is 0.170. The summed E-state index contributed by atoms with van der Waals surface area (Å²) in [4.78, 5) is 22.6. The molecule has 0 radical (unpaired) electrons. The Morgan fingerprint density at radius 1 is 1.23 bits per heavy atom. The van der Waals surface area contributed by atoms with E-state index in [9.17, 15) is 18.0 Å². The molecule has 1 amide bonds. The number of alkyl halides is 3. The number of benzene rings is 1. The molecule has 1 aliphatic heterocycles. The fourth-order valence-electron chi connectivity index (χ4n) is 4.15. The maximum Gasteiger partial charge on any atom is 0.417 e. The van der Waals surface area contributed by atoms with Gasteiger partial charge in [0.1, 0.15) is 11.5 Å². The smallest absolute Gasteiger partial charge is 0.342 e. The van der Waals surface area contributed by atoms with E-state index in [1.807, 2.05) is 6.92 Å². The highest BCUT2D eigenvalue weighted by Gasteiger charge is 2.37. The van der Waals surface area contributed by atoms with Crippen LogP contribution < -0.4 is 4.90 Å². The third kappa shape index (κ3) is 3.31. The molecule has 0 unspecified atom stereocenters. The molecule has 2 aromatic heterocycles. The van der Waals surface area contributed by atoms with Crippen molar-refractivity contribution in [2.75, 3.05) is 11.4 Å². The molecule has 6 nitrogen and oxygen atoms in total. The lowest BCUT2D eigenvalue weighted by atomic mass is 9.85. The van der Waals surface area contributed by atoms with Gasteiger partial charge in [0.15, 0.2) is 0 Å². The molecule has 3 heterocycles. The summed E-state index contributed by atoms with van der Waals surface area (Å²) >= 11 is 5.89. The number of hydrogen-bond donors (Lipinski definition) is 1. The lowest BCUT2D eigenvalue weighted by molar-refractivity contribution is -0.137. The van der Waals surface area contributed by atoms with Crippen LogP contribution in [-0.2, 0) is 6.18 Å². The average molecular weight is 450 g/mol. The maximum absolute atomic E-state index is 13.4. The lowest BCUT2D eigenvalue weighted by Crippen LogP contribution is -2.42. The predicted molar refractivity (Wildman–Crippen MR) is 109 cm³/mol. The SMILES string of the molecule is C[C@H]1CN(c2ccc(C(F)(F)F)c(Cl)c2)C(=O)c2c(-c3cnc(C4CCC4)[nH]3)cnn21. The Morgan fingerprint density at radius 2 is 2.00 bits per heavy atom. The van der Waals surface area contributed by atoms with Crippen LogP contribution in [0.1, 0.15) is 60.0 Å². The molecule has 1 atom stereocenters. The molecule has 31 heavy (non-hydrogen) atoms. The first-order valence-electron chi connectivity index (χ1n) is 10.1. The van der Waals surface area contributed by atoms with Crippen molar-refractivity contribution in [2.24, 2.45) is 0 Å². The predicted octanol–water partition coefficient (Wildman–Crippen LogP) is 5.43. The second-order valence-corrected chi connectivity index (χ2v) is 8.50. The third-order valence-electron chi connectivity index (χ3n) is 6.05. The quantitative estimate of drug-likeness (QED) is 0.579.